The van der Waals surface area contributed by atoms with Gasteiger partial charge < -0.3 is 15.0 Å². The summed E-state index contributed by atoms with van der Waals surface area (Å²) in [6, 6.07) is 4.08. The van der Waals surface area contributed by atoms with Crippen molar-refractivity contribution in [2.45, 2.75) is 19.0 Å². The van der Waals surface area contributed by atoms with Gasteiger partial charge in [-0.15, -0.1) is 0 Å². The molecule has 122 valence electrons. The molecule has 8 heteroatoms. The average molecular weight is 337 g/mol. The largest absolute Gasteiger partial charge is 0.495 e. The summed E-state index contributed by atoms with van der Waals surface area (Å²) < 4.78 is 43.2. The zero-order valence-electron chi connectivity index (χ0n) is 11.9. The zero-order valence-corrected chi connectivity index (χ0v) is 12.7. The number of alkyl halides is 3. The van der Waals surface area contributed by atoms with Crippen molar-refractivity contribution < 1.29 is 22.7 Å². The lowest BCUT2D eigenvalue weighted by Crippen LogP contribution is -2.46. The highest BCUT2D eigenvalue weighted by atomic mass is 35.5. The highest BCUT2D eigenvalue weighted by Gasteiger charge is 2.42. The molecule has 0 radical (unpaired) electrons. The van der Waals surface area contributed by atoms with Crippen molar-refractivity contribution in [2.75, 3.05) is 25.5 Å². The third-order valence-corrected chi connectivity index (χ3v) is 3.87. The minimum atomic E-state index is -4.28. The zero-order chi connectivity index (χ0) is 16.3. The van der Waals surface area contributed by atoms with Crippen LogP contribution in [0.5, 0.6) is 5.75 Å². The number of nitrogens with zero attached hydrogens (tertiary/aromatic N) is 1. The fourth-order valence-electron chi connectivity index (χ4n) is 2.38. The lowest BCUT2D eigenvalue weighted by atomic mass is 9.98. The third-order valence-electron chi connectivity index (χ3n) is 3.57. The summed E-state index contributed by atoms with van der Waals surface area (Å²) in [5.41, 5.74) is 0.407. The van der Waals surface area contributed by atoms with Crippen LogP contribution in [0.2, 0.25) is 5.02 Å². The smallest absolute Gasteiger partial charge is 0.393 e. The predicted octanol–water partition coefficient (Wildman–Crippen LogP) is 4.15. The summed E-state index contributed by atoms with van der Waals surface area (Å²) in [7, 11) is 1.46. The fourth-order valence-corrected chi connectivity index (χ4v) is 2.63. The molecular weight excluding hydrogens is 321 g/mol. The van der Waals surface area contributed by atoms with Crippen molar-refractivity contribution in [3.05, 3.63) is 23.2 Å². The number of piperidine rings is 1. The van der Waals surface area contributed by atoms with Gasteiger partial charge in [0.25, 0.3) is 0 Å². The Morgan fingerprint density at radius 1 is 1.45 bits per heavy atom. The van der Waals surface area contributed by atoms with Crippen LogP contribution in [0.4, 0.5) is 23.7 Å². The van der Waals surface area contributed by atoms with Crippen LogP contribution in [-0.4, -0.2) is 37.3 Å². The van der Waals surface area contributed by atoms with Crippen LogP contribution in [0.3, 0.4) is 0 Å². The van der Waals surface area contributed by atoms with Crippen LogP contribution in [0, 0.1) is 5.92 Å². The molecule has 0 aromatic heterocycles. The van der Waals surface area contributed by atoms with E-state index in [9.17, 15) is 18.0 Å². The fraction of sp³-hybridized carbons (Fsp3) is 0.500. The van der Waals surface area contributed by atoms with E-state index in [0.29, 0.717) is 29.4 Å². The summed E-state index contributed by atoms with van der Waals surface area (Å²) in [4.78, 5) is 13.3. The van der Waals surface area contributed by atoms with Crippen molar-refractivity contribution in [1.29, 1.82) is 0 Å². The second kappa shape index (κ2) is 6.64. The van der Waals surface area contributed by atoms with Crippen LogP contribution < -0.4 is 10.1 Å². The van der Waals surface area contributed by atoms with Crippen LogP contribution in [-0.2, 0) is 0 Å². The molecule has 1 atom stereocenters. The van der Waals surface area contributed by atoms with E-state index in [-0.39, 0.29) is 13.0 Å². The van der Waals surface area contributed by atoms with Gasteiger partial charge in [-0.2, -0.15) is 13.2 Å². The summed E-state index contributed by atoms with van der Waals surface area (Å²) in [6.45, 7) is -0.0124. The van der Waals surface area contributed by atoms with E-state index in [4.69, 9.17) is 16.3 Å². The number of rotatable bonds is 2. The molecule has 2 amide bonds. The van der Waals surface area contributed by atoms with Crippen molar-refractivity contribution in [2.24, 2.45) is 5.92 Å². The molecule has 22 heavy (non-hydrogen) atoms. The van der Waals surface area contributed by atoms with Gasteiger partial charge in [0, 0.05) is 18.8 Å². The van der Waals surface area contributed by atoms with Crippen molar-refractivity contribution >= 4 is 23.3 Å². The number of ether oxygens (including phenoxy) is 1. The van der Waals surface area contributed by atoms with Gasteiger partial charge in [-0.05, 0) is 31.0 Å². The van der Waals surface area contributed by atoms with Gasteiger partial charge in [0.05, 0.1) is 18.1 Å². The summed E-state index contributed by atoms with van der Waals surface area (Å²) in [5.74, 6) is -1.01. The van der Waals surface area contributed by atoms with Gasteiger partial charge >= 0.3 is 12.2 Å². The molecule has 1 aromatic rings. The maximum atomic E-state index is 12.8. The Morgan fingerprint density at radius 3 is 2.77 bits per heavy atom. The number of amides is 2. The Labute approximate surface area is 131 Å². The highest BCUT2D eigenvalue weighted by Crippen LogP contribution is 2.33. The van der Waals surface area contributed by atoms with Crippen molar-refractivity contribution in [3.8, 4) is 5.75 Å². The van der Waals surface area contributed by atoms with Crippen LogP contribution >= 0.6 is 11.6 Å². The minimum Gasteiger partial charge on any atom is -0.495 e. The van der Waals surface area contributed by atoms with E-state index < -0.39 is 18.1 Å². The Balaban J connectivity index is 2.01. The number of carbonyl (C=O) groups excluding carboxylic acids is 1. The molecule has 2 rings (SSSR count). The topological polar surface area (TPSA) is 41.6 Å². The standard InChI is InChI=1S/C14H16ClF3N2O2/c1-22-12-5-4-10(7-11(12)15)19-13(21)20-6-2-3-9(8-20)14(16,17)18/h4-5,7,9H,2-3,6,8H2,1H3,(H,19,21)/t9-/m1/s1. The summed E-state index contributed by atoms with van der Waals surface area (Å²) in [6.07, 6.45) is -3.88. The third kappa shape index (κ3) is 3.97. The molecule has 1 aliphatic rings. The maximum Gasteiger partial charge on any atom is 0.393 e. The van der Waals surface area contributed by atoms with E-state index in [1.165, 1.54) is 18.1 Å². The van der Waals surface area contributed by atoms with Crippen LogP contribution in [0.1, 0.15) is 12.8 Å². The number of benzene rings is 1. The number of anilines is 1. The quantitative estimate of drug-likeness (QED) is 0.881. The molecule has 1 fully saturated rings. The van der Waals surface area contributed by atoms with E-state index in [1.54, 1.807) is 12.1 Å². The van der Waals surface area contributed by atoms with Gasteiger partial charge in [0.15, 0.2) is 0 Å². The predicted molar refractivity (Wildman–Crippen MR) is 77.4 cm³/mol. The van der Waals surface area contributed by atoms with Crippen LogP contribution in [0.15, 0.2) is 18.2 Å². The van der Waals surface area contributed by atoms with Gasteiger partial charge in [-0.3, -0.25) is 0 Å². The molecule has 1 N–H and O–H groups in total. The Hall–Kier alpha value is -1.63. The second-order valence-electron chi connectivity index (χ2n) is 5.11. The number of urea groups is 1. The monoisotopic (exact) mass is 336 g/mol. The first kappa shape index (κ1) is 16.7. The van der Waals surface area contributed by atoms with E-state index >= 15 is 0 Å². The molecule has 0 saturated carbocycles. The maximum absolute atomic E-state index is 12.8. The average Bonchev–Trinajstić information content (AvgIpc) is 2.46. The Kier molecular flexibility index (Phi) is 5.05. The molecule has 0 aliphatic carbocycles. The first-order valence-electron chi connectivity index (χ1n) is 6.77. The molecule has 4 nitrogen and oxygen atoms in total. The minimum absolute atomic E-state index is 0.0572. The SMILES string of the molecule is COc1ccc(NC(=O)N2CCC[C@@H](C(F)(F)F)C2)cc1Cl. The molecule has 1 saturated heterocycles. The van der Waals surface area contributed by atoms with Gasteiger partial charge in [0.2, 0.25) is 0 Å². The van der Waals surface area contributed by atoms with Crippen molar-refractivity contribution in [3.63, 3.8) is 0 Å². The van der Waals surface area contributed by atoms with E-state index in [0.717, 1.165) is 0 Å². The molecular formula is C14H16ClF3N2O2. The summed E-state index contributed by atoms with van der Waals surface area (Å²) in [5, 5.41) is 2.87. The number of carbonyl (C=O) groups is 1. The number of hydrogen-bond donors (Lipinski definition) is 1. The summed E-state index contributed by atoms with van der Waals surface area (Å²) >= 11 is 5.94. The molecule has 0 bridgehead atoms. The van der Waals surface area contributed by atoms with Gasteiger partial charge in [0.1, 0.15) is 5.75 Å². The van der Waals surface area contributed by atoms with E-state index in [1.807, 2.05) is 0 Å². The number of hydrogen-bond acceptors (Lipinski definition) is 2. The molecule has 0 unspecified atom stereocenters. The highest BCUT2D eigenvalue weighted by molar-refractivity contribution is 6.32. The number of nitrogens with one attached hydrogen (secondary N) is 1. The number of likely N-dealkylation sites (tertiary alicyclic amines) is 1. The number of methoxy groups -OCH3 is 1. The van der Waals surface area contributed by atoms with Crippen molar-refractivity contribution in [1.82, 2.24) is 4.90 Å². The molecule has 1 aliphatic heterocycles. The second-order valence-corrected chi connectivity index (χ2v) is 5.51. The lowest BCUT2D eigenvalue weighted by Gasteiger charge is -2.33. The first-order valence-corrected chi connectivity index (χ1v) is 7.15. The molecule has 1 aromatic carbocycles. The molecule has 1 heterocycles. The normalized spacial score (nSPS) is 19.0. The first-order chi connectivity index (χ1) is 10.3. The lowest BCUT2D eigenvalue weighted by molar-refractivity contribution is -0.183. The Bertz CT molecular complexity index is 551. The van der Waals surface area contributed by atoms with Gasteiger partial charge in [-0.25, -0.2) is 4.79 Å². The van der Waals surface area contributed by atoms with Gasteiger partial charge in [-0.1, -0.05) is 11.6 Å². The Morgan fingerprint density at radius 2 is 2.18 bits per heavy atom. The van der Waals surface area contributed by atoms with Crippen LogP contribution in [0.25, 0.3) is 0 Å². The van der Waals surface area contributed by atoms with E-state index in [2.05, 4.69) is 5.32 Å². The number of halogens is 4. The molecule has 0 spiro atoms.